The molecule has 0 atom stereocenters. The maximum atomic E-state index is 9.16. The lowest BCUT2D eigenvalue weighted by atomic mass is 10.3. The van der Waals surface area contributed by atoms with Crippen LogP contribution in [0.25, 0.3) is 0 Å². The van der Waals surface area contributed by atoms with Gasteiger partial charge in [-0.25, -0.2) is 0 Å². The normalized spacial score (nSPS) is 8.92. The zero-order valence-corrected chi connectivity index (χ0v) is 6.32. The lowest BCUT2D eigenvalue weighted by Gasteiger charge is -2.04. The monoisotopic (exact) mass is 164 g/mol. The Bertz CT molecular complexity index is 312. The van der Waals surface area contributed by atoms with Gasteiger partial charge in [0.1, 0.15) is 12.4 Å². The highest BCUT2D eigenvalue weighted by molar-refractivity contribution is 5.43. The van der Waals surface area contributed by atoms with Gasteiger partial charge in [-0.2, -0.15) is 0 Å². The molecular weight excluding hydrogens is 156 g/mol. The van der Waals surface area contributed by atoms with E-state index in [-0.39, 0.29) is 23.9 Å². The summed E-state index contributed by atoms with van der Waals surface area (Å²) in [5, 5.41) is 18.1. The van der Waals surface area contributed by atoms with Crippen molar-refractivity contribution in [2.45, 2.75) is 0 Å². The second kappa shape index (κ2) is 3.54. The molecule has 12 heavy (non-hydrogen) atoms. The molecule has 1 aromatic carbocycles. The van der Waals surface area contributed by atoms with Crippen LogP contribution < -0.4 is 4.74 Å². The summed E-state index contributed by atoms with van der Waals surface area (Å²) in [7, 11) is 0. The minimum Gasteiger partial charge on any atom is -0.508 e. The largest absolute Gasteiger partial charge is 0.508 e. The number of rotatable bonds is 2. The molecule has 62 valence electrons. The van der Waals surface area contributed by atoms with Crippen LogP contribution >= 0.6 is 0 Å². The van der Waals surface area contributed by atoms with E-state index in [2.05, 4.69) is 5.92 Å². The minimum atomic E-state index is -0.120. The van der Waals surface area contributed by atoms with Gasteiger partial charge < -0.3 is 14.9 Å². The zero-order valence-electron chi connectivity index (χ0n) is 6.32. The van der Waals surface area contributed by atoms with Gasteiger partial charge in [0.25, 0.3) is 0 Å². The van der Waals surface area contributed by atoms with Crippen LogP contribution in [0.2, 0.25) is 0 Å². The van der Waals surface area contributed by atoms with Gasteiger partial charge in [-0.3, -0.25) is 0 Å². The fourth-order valence-electron chi connectivity index (χ4n) is 0.747. The quantitative estimate of drug-likeness (QED) is 0.644. The zero-order chi connectivity index (χ0) is 8.97. The topological polar surface area (TPSA) is 49.7 Å². The van der Waals surface area contributed by atoms with Crippen molar-refractivity contribution in [3.63, 3.8) is 0 Å². The van der Waals surface area contributed by atoms with E-state index in [1.165, 1.54) is 18.2 Å². The van der Waals surface area contributed by atoms with Crippen molar-refractivity contribution in [1.82, 2.24) is 0 Å². The van der Waals surface area contributed by atoms with E-state index in [9.17, 15) is 0 Å². The smallest absolute Gasteiger partial charge is 0.162 e. The molecule has 1 rings (SSSR count). The fourth-order valence-corrected chi connectivity index (χ4v) is 0.747. The van der Waals surface area contributed by atoms with Crippen molar-refractivity contribution in [3.8, 4) is 29.6 Å². The minimum absolute atomic E-state index is 0.0134. The van der Waals surface area contributed by atoms with E-state index in [1.54, 1.807) is 0 Å². The third-order valence-corrected chi connectivity index (χ3v) is 1.25. The summed E-state index contributed by atoms with van der Waals surface area (Å²) < 4.78 is 4.94. The van der Waals surface area contributed by atoms with Crippen LogP contribution in [0.5, 0.6) is 17.2 Å². The molecule has 0 unspecified atom stereocenters. The van der Waals surface area contributed by atoms with Crippen molar-refractivity contribution in [3.05, 3.63) is 18.2 Å². The van der Waals surface area contributed by atoms with E-state index in [1.807, 2.05) is 0 Å². The van der Waals surface area contributed by atoms with E-state index in [4.69, 9.17) is 21.4 Å². The van der Waals surface area contributed by atoms with Crippen molar-refractivity contribution < 1.29 is 14.9 Å². The van der Waals surface area contributed by atoms with E-state index >= 15 is 0 Å². The molecule has 3 nitrogen and oxygen atoms in total. The second-order valence-corrected chi connectivity index (χ2v) is 2.14. The van der Waals surface area contributed by atoms with Crippen LogP contribution in [0, 0.1) is 12.3 Å². The average Bonchev–Trinajstić information content (AvgIpc) is 2.03. The lowest BCUT2D eigenvalue weighted by Crippen LogP contribution is -1.92. The molecule has 2 N–H and O–H groups in total. The van der Waals surface area contributed by atoms with Crippen LogP contribution in [0.15, 0.2) is 18.2 Å². The Labute approximate surface area is 70.2 Å². The molecule has 0 saturated heterocycles. The predicted octanol–water partition coefficient (Wildman–Crippen LogP) is 1.11. The third-order valence-electron chi connectivity index (χ3n) is 1.25. The highest BCUT2D eigenvalue weighted by atomic mass is 16.5. The Balaban J connectivity index is 2.81. The highest BCUT2D eigenvalue weighted by Gasteiger charge is 2.01. The first-order chi connectivity index (χ1) is 5.74. The van der Waals surface area contributed by atoms with Gasteiger partial charge in [0.15, 0.2) is 11.5 Å². The summed E-state index contributed by atoms with van der Waals surface area (Å²) in [6, 6.07) is 4.04. The van der Waals surface area contributed by atoms with Gasteiger partial charge in [-0.1, -0.05) is 5.92 Å². The first kappa shape index (κ1) is 8.28. The van der Waals surface area contributed by atoms with Crippen molar-refractivity contribution >= 4 is 0 Å². The molecule has 0 heterocycles. The number of phenols is 2. The molecule has 0 aliphatic rings. The van der Waals surface area contributed by atoms with E-state index < -0.39 is 0 Å². The van der Waals surface area contributed by atoms with Gasteiger partial charge in [0, 0.05) is 6.07 Å². The number of ether oxygens (including phenoxy) is 1. The van der Waals surface area contributed by atoms with Gasteiger partial charge in [0.05, 0.1) is 0 Å². The van der Waals surface area contributed by atoms with Crippen molar-refractivity contribution in [2.24, 2.45) is 0 Å². The Morgan fingerprint density at radius 2 is 2.17 bits per heavy atom. The summed E-state index contributed by atoms with van der Waals surface area (Å²) >= 11 is 0. The number of hydrogen-bond acceptors (Lipinski definition) is 3. The van der Waals surface area contributed by atoms with E-state index in [0.717, 1.165) is 0 Å². The first-order valence-corrected chi connectivity index (χ1v) is 3.32. The molecule has 0 bridgehead atoms. The molecule has 1 aromatic rings. The molecule has 0 fully saturated rings. The lowest BCUT2D eigenvalue weighted by molar-refractivity contribution is 0.339. The molecule has 0 aliphatic heterocycles. The summed E-state index contributed by atoms with van der Waals surface area (Å²) in [4.78, 5) is 0. The standard InChI is InChI=1S/C9H8O3/c1-2-5-12-9-4-3-7(10)6-8(9)11/h1,3-4,6,10-11H,5H2. The average molecular weight is 164 g/mol. The van der Waals surface area contributed by atoms with Gasteiger partial charge in [-0.15, -0.1) is 6.42 Å². The molecule has 0 spiro atoms. The molecular formula is C9H8O3. The third kappa shape index (κ3) is 1.83. The number of hydrogen-bond donors (Lipinski definition) is 2. The Kier molecular flexibility index (Phi) is 2.44. The van der Waals surface area contributed by atoms with Crippen LogP contribution in [-0.2, 0) is 0 Å². The molecule has 3 heteroatoms. The van der Waals surface area contributed by atoms with Crippen molar-refractivity contribution in [1.29, 1.82) is 0 Å². The number of benzene rings is 1. The van der Waals surface area contributed by atoms with Crippen molar-refractivity contribution in [2.75, 3.05) is 6.61 Å². The first-order valence-electron chi connectivity index (χ1n) is 3.32. The Morgan fingerprint density at radius 1 is 1.42 bits per heavy atom. The van der Waals surface area contributed by atoms with Gasteiger partial charge >= 0.3 is 0 Å². The molecule has 0 radical (unpaired) electrons. The molecule has 0 aromatic heterocycles. The van der Waals surface area contributed by atoms with Crippen LogP contribution in [0.1, 0.15) is 0 Å². The molecule has 0 amide bonds. The Hall–Kier alpha value is -1.82. The van der Waals surface area contributed by atoms with E-state index in [0.29, 0.717) is 0 Å². The Morgan fingerprint density at radius 3 is 2.75 bits per heavy atom. The number of phenolic OH excluding ortho intramolecular Hbond substituents is 2. The number of aromatic hydroxyl groups is 2. The summed E-state index contributed by atoms with van der Waals surface area (Å²) in [6.45, 7) is 0.0956. The van der Waals surface area contributed by atoms with Crippen LogP contribution in [-0.4, -0.2) is 16.8 Å². The summed E-state index contributed by atoms with van der Waals surface area (Å²) in [6.07, 6.45) is 4.95. The van der Waals surface area contributed by atoms with Gasteiger partial charge in [-0.05, 0) is 12.1 Å². The maximum Gasteiger partial charge on any atom is 0.162 e. The molecule has 0 aliphatic carbocycles. The summed E-state index contributed by atoms with van der Waals surface area (Å²) in [5.41, 5.74) is 0. The SMILES string of the molecule is C#CCOc1ccc(O)cc1O. The second-order valence-electron chi connectivity index (χ2n) is 2.14. The highest BCUT2D eigenvalue weighted by Crippen LogP contribution is 2.29. The van der Waals surface area contributed by atoms with Gasteiger partial charge in [0.2, 0.25) is 0 Å². The van der Waals surface area contributed by atoms with Crippen LogP contribution in [0.4, 0.5) is 0 Å². The predicted molar refractivity (Wildman–Crippen MR) is 44.1 cm³/mol. The maximum absolute atomic E-state index is 9.16. The summed E-state index contributed by atoms with van der Waals surface area (Å²) in [5.74, 6) is 2.40. The fraction of sp³-hybridized carbons (Fsp3) is 0.111. The number of terminal acetylenes is 1. The van der Waals surface area contributed by atoms with Crippen LogP contribution in [0.3, 0.4) is 0 Å². The molecule has 0 saturated carbocycles.